The van der Waals surface area contributed by atoms with Crippen LogP contribution in [0, 0.1) is 5.92 Å². The van der Waals surface area contributed by atoms with E-state index in [4.69, 9.17) is 4.74 Å². The van der Waals surface area contributed by atoms with Crippen molar-refractivity contribution in [2.24, 2.45) is 10.9 Å². The molecule has 2 N–H and O–H groups in total. The van der Waals surface area contributed by atoms with Gasteiger partial charge in [-0.3, -0.25) is 4.99 Å². The number of nitrogens with zero attached hydrogens (tertiary/aromatic N) is 2. The zero-order valence-electron chi connectivity index (χ0n) is 14.9. The largest absolute Gasteiger partial charge is 0.373 e. The average Bonchev–Trinajstić information content (AvgIpc) is 3.36. The zero-order chi connectivity index (χ0) is 16.4. The van der Waals surface area contributed by atoms with Crippen molar-refractivity contribution in [2.45, 2.75) is 43.9 Å². The lowest BCUT2D eigenvalue weighted by Gasteiger charge is -2.23. The van der Waals surface area contributed by atoms with Gasteiger partial charge in [-0.05, 0) is 43.7 Å². The minimum Gasteiger partial charge on any atom is -0.373 e. The molecule has 3 aliphatic rings. The number of nitrogens with one attached hydrogen (secondary N) is 2. The molecule has 0 amide bonds. The Bertz CT molecular complexity index is 582. The van der Waals surface area contributed by atoms with Crippen LogP contribution in [0.15, 0.2) is 35.3 Å². The van der Waals surface area contributed by atoms with Crippen LogP contribution in [0.3, 0.4) is 0 Å². The smallest absolute Gasteiger partial charge is 0.191 e. The topological polar surface area (TPSA) is 48.9 Å². The summed E-state index contributed by atoms with van der Waals surface area (Å²) in [6.07, 6.45) is 5.63. The molecule has 25 heavy (non-hydrogen) atoms. The van der Waals surface area contributed by atoms with Gasteiger partial charge in [0.25, 0.3) is 0 Å². The number of para-hydroxylation sites is 1. The van der Waals surface area contributed by atoms with Crippen LogP contribution in [0.1, 0.15) is 25.7 Å². The molecule has 1 aromatic rings. The number of guanidine groups is 1. The molecule has 0 saturated carbocycles. The van der Waals surface area contributed by atoms with Gasteiger partial charge in [-0.25, -0.2) is 0 Å². The summed E-state index contributed by atoms with van der Waals surface area (Å²) in [6.45, 7) is 3.23. The highest BCUT2D eigenvalue weighted by atomic mass is 127. The van der Waals surface area contributed by atoms with E-state index in [1.807, 2.05) is 7.05 Å². The van der Waals surface area contributed by atoms with Gasteiger partial charge in [0.1, 0.15) is 0 Å². The molecule has 4 unspecified atom stereocenters. The predicted molar refractivity (Wildman–Crippen MR) is 113 cm³/mol. The van der Waals surface area contributed by atoms with E-state index in [1.54, 1.807) is 0 Å². The molecule has 6 heteroatoms. The lowest BCUT2D eigenvalue weighted by molar-refractivity contribution is 0.0992. The second kappa shape index (κ2) is 8.58. The maximum Gasteiger partial charge on any atom is 0.191 e. The van der Waals surface area contributed by atoms with E-state index >= 15 is 0 Å². The van der Waals surface area contributed by atoms with Crippen LogP contribution in [-0.4, -0.2) is 50.9 Å². The highest BCUT2D eigenvalue weighted by Gasteiger charge is 2.41. The van der Waals surface area contributed by atoms with E-state index in [0.29, 0.717) is 24.2 Å². The van der Waals surface area contributed by atoms with Crippen molar-refractivity contribution in [3.8, 4) is 0 Å². The number of hydrogen-bond donors (Lipinski definition) is 2. The van der Waals surface area contributed by atoms with Crippen molar-refractivity contribution in [3.05, 3.63) is 30.3 Å². The van der Waals surface area contributed by atoms with Gasteiger partial charge in [0.15, 0.2) is 5.96 Å². The van der Waals surface area contributed by atoms with Crippen LogP contribution in [0.4, 0.5) is 5.69 Å². The standard InChI is InChI=1S/C19H28N4O.HI/c1-20-19(22-17-11-16-7-8-18(17)24-16)21-12-14-9-10-23(13-14)15-5-3-2-4-6-15;/h2-6,14,16-18H,7-13H2,1H3,(H2,20,21,22);1H. The Hall–Kier alpha value is -1.02. The van der Waals surface area contributed by atoms with Crippen LogP contribution < -0.4 is 15.5 Å². The quantitative estimate of drug-likeness (QED) is 0.416. The summed E-state index contributed by atoms with van der Waals surface area (Å²) in [5, 5.41) is 7.09. The third-order valence-electron chi connectivity index (χ3n) is 5.62. The number of anilines is 1. The summed E-state index contributed by atoms with van der Waals surface area (Å²) in [6, 6.07) is 11.1. The van der Waals surface area contributed by atoms with Gasteiger partial charge in [0, 0.05) is 32.4 Å². The zero-order valence-corrected chi connectivity index (χ0v) is 17.2. The fraction of sp³-hybridized carbons (Fsp3) is 0.632. The van der Waals surface area contributed by atoms with E-state index in [-0.39, 0.29) is 24.0 Å². The van der Waals surface area contributed by atoms with Crippen molar-refractivity contribution in [1.82, 2.24) is 10.6 Å². The van der Waals surface area contributed by atoms with E-state index < -0.39 is 0 Å². The summed E-state index contributed by atoms with van der Waals surface area (Å²) >= 11 is 0. The number of hydrogen-bond acceptors (Lipinski definition) is 3. The van der Waals surface area contributed by atoms with Crippen LogP contribution >= 0.6 is 24.0 Å². The van der Waals surface area contributed by atoms with Crippen molar-refractivity contribution in [3.63, 3.8) is 0 Å². The first-order chi connectivity index (χ1) is 11.8. The second-order valence-electron chi connectivity index (χ2n) is 7.25. The minimum absolute atomic E-state index is 0. The Labute approximate surface area is 167 Å². The number of fused-ring (bicyclic) bond motifs is 2. The maximum absolute atomic E-state index is 5.92. The number of benzene rings is 1. The Kier molecular flexibility index (Phi) is 6.44. The molecule has 3 aliphatic heterocycles. The maximum atomic E-state index is 5.92. The molecule has 3 saturated heterocycles. The predicted octanol–water partition coefficient (Wildman–Crippen LogP) is 2.62. The summed E-state index contributed by atoms with van der Waals surface area (Å²) < 4.78 is 5.92. The van der Waals surface area contributed by atoms with E-state index in [0.717, 1.165) is 32.0 Å². The van der Waals surface area contributed by atoms with Crippen LogP contribution in [-0.2, 0) is 4.74 Å². The number of rotatable bonds is 4. The molecule has 0 radical (unpaired) electrons. The molecule has 4 rings (SSSR count). The second-order valence-corrected chi connectivity index (χ2v) is 7.25. The van der Waals surface area contributed by atoms with Crippen LogP contribution in [0.2, 0.25) is 0 Å². The molecule has 2 bridgehead atoms. The average molecular weight is 456 g/mol. The van der Waals surface area contributed by atoms with Gasteiger partial charge in [-0.1, -0.05) is 18.2 Å². The Balaban J connectivity index is 0.00000182. The first-order valence-corrected chi connectivity index (χ1v) is 9.24. The van der Waals surface area contributed by atoms with Gasteiger partial charge in [0.2, 0.25) is 0 Å². The van der Waals surface area contributed by atoms with Crippen LogP contribution in [0.25, 0.3) is 0 Å². The van der Waals surface area contributed by atoms with E-state index in [2.05, 4.69) is 50.9 Å². The molecule has 0 aliphatic carbocycles. The molecule has 5 nitrogen and oxygen atoms in total. The van der Waals surface area contributed by atoms with Gasteiger partial charge in [-0.2, -0.15) is 0 Å². The molecule has 138 valence electrons. The number of aliphatic imine (C=N–C) groups is 1. The Morgan fingerprint density at radius 1 is 1.24 bits per heavy atom. The lowest BCUT2D eigenvalue weighted by atomic mass is 9.96. The minimum atomic E-state index is 0. The summed E-state index contributed by atoms with van der Waals surface area (Å²) in [5.74, 6) is 1.59. The SMILES string of the molecule is CN=C(NCC1CCN(c2ccccc2)C1)NC1CC2CCC1O2.I. The number of halogens is 1. The lowest BCUT2D eigenvalue weighted by Crippen LogP contribution is -2.48. The molecular weight excluding hydrogens is 427 g/mol. The van der Waals surface area contributed by atoms with E-state index in [9.17, 15) is 0 Å². The van der Waals surface area contributed by atoms with E-state index in [1.165, 1.54) is 24.9 Å². The number of ether oxygens (including phenoxy) is 1. The highest BCUT2D eigenvalue weighted by molar-refractivity contribution is 14.0. The van der Waals surface area contributed by atoms with Crippen molar-refractivity contribution in [1.29, 1.82) is 0 Å². The Morgan fingerprint density at radius 2 is 2.08 bits per heavy atom. The molecular formula is C19H29IN4O. The van der Waals surface area contributed by atoms with Crippen molar-refractivity contribution in [2.75, 3.05) is 31.6 Å². The van der Waals surface area contributed by atoms with Crippen molar-refractivity contribution >= 4 is 35.6 Å². The third-order valence-corrected chi connectivity index (χ3v) is 5.62. The molecule has 0 aromatic heterocycles. The third kappa shape index (κ3) is 4.39. The highest BCUT2D eigenvalue weighted by Crippen LogP contribution is 2.34. The first-order valence-electron chi connectivity index (χ1n) is 9.24. The van der Waals surface area contributed by atoms with Gasteiger partial charge < -0.3 is 20.3 Å². The molecule has 3 heterocycles. The van der Waals surface area contributed by atoms with Gasteiger partial charge in [-0.15, -0.1) is 24.0 Å². The van der Waals surface area contributed by atoms with Gasteiger partial charge in [0.05, 0.1) is 18.2 Å². The Morgan fingerprint density at radius 3 is 2.76 bits per heavy atom. The summed E-state index contributed by atoms with van der Waals surface area (Å²) in [4.78, 5) is 6.88. The van der Waals surface area contributed by atoms with Crippen molar-refractivity contribution < 1.29 is 4.74 Å². The fourth-order valence-electron chi connectivity index (χ4n) is 4.27. The first kappa shape index (κ1) is 18.8. The summed E-state index contributed by atoms with van der Waals surface area (Å²) in [5.41, 5.74) is 1.33. The van der Waals surface area contributed by atoms with Gasteiger partial charge >= 0.3 is 0 Å². The monoisotopic (exact) mass is 456 g/mol. The molecule has 0 spiro atoms. The molecule has 3 fully saturated rings. The normalized spacial score (nSPS) is 31.1. The molecule has 1 aromatic carbocycles. The summed E-state index contributed by atoms with van der Waals surface area (Å²) in [7, 11) is 1.86. The van der Waals surface area contributed by atoms with Crippen LogP contribution in [0.5, 0.6) is 0 Å². The molecule has 4 atom stereocenters. The fourth-order valence-corrected chi connectivity index (χ4v) is 4.27.